The first-order valence-corrected chi connectivity index (χ1v) is 7.01. The quantitative estimate of drug-likeness (QED) is 0.824. The second-order valence-electron chi connectivity index (χ2n) is 3.85. The summed E-state index contributed by atoms with van der Waals surface area (Å²) in [5.74, 6) is 2.10. The number of rotatable bonds is 2. The number of benzene rings is 1. The fourth-order valence-corrected chi connectivity index (χ4v) is 2.78. The standard InChI is InChI=1S/C12H14N2OS2/c13-11(16)9-2-1-3-10(8-9)12(15)14-4-6-17-7-5-14/h1-3,8H,4-7H2,(H2,13,16). The molecule has 5 heteroatoms. The van der Waals surface area contributed by atoms with Crippen LogP contribution in [0.3, 0.4) is 0 Å². The van der Waals surface area contributed by atoms with Crippen LogP contribution in [0.5, 0.6) is 0 Å². The summed E-state index contributed by atoms with van der Waals surface area (Å²) < 4.78 is 0. The SMILES string of the molecule is NC(=S)c1cccc(C(=O)N2CCSCC2)c1. The van der Waals surface area contributed by atoms with Gasteiger partial charge in [0.1, 0.15) is 4.99 Å². The van der Waals surface area contributed by atoms with Crippen molar-refractivity contribution in [1.82, 2.24) is 4.90 Å². The minimum Gasteiger partial charge on any atom is -0.389 e. The predicted octanol–water partition coefficient (Wildman–Crippen LogP) is 1.51. The monoisotopic (exact) mass is 266 g/mol. The van der Waals surface area contributed by atoms with Crippen molar-refractivity contribution in [3.05, 3.63) is 35.4 Å². The van der Waals surface area contributed by atoms with E-state index in [2.05, 4.69) is 0 Å². The predicted molar refractivity (Wildman–Crippen MR) is 75.6 cm³/mol. The Morgan fingerprint density at radius 1 is 1.29 bits per heavy atom. The van der Waals surface area contributed by atoms with Crippen molar-refractivity contribution < 1.29 is 4.79 Å². The molecule has 1 aromatic rings. The molecule has 2 N–H and O–H groups in total. The zero-order valence-electron chi connectivity index (χ0n) is 9.39. The molecular formula is C12H14N2OS2. The van der Waals surface area contributed by atoms with Gasteiger partial charge in [0.15, 0.2) is 0 Å². The van der Waals surface area contributed by atoms with Crippen molar-refractivity contribution in [3.63, 3.8) is 0 Å². The number of nitrogens with zero attached hydrogens (tertiary/aromatic N) is 1. The van der Waals surface area contributed by atoms with E-state index >= 15 is 0 Å². The molecule has 3 nitrogen and oxygen atoms in total. The second-order valence-corrected chi connectivity index (χ2v) is 5.51. The number of hydrogen-bond acceptors (Lipinski definition) is 3. The molecule has 1 aromatic carbocycles. The van der Waals surface area contributed by atoms with Crippen LogP contribution in [0.4, 0.5) is 0 Å². The zero-order valence-corrected chi connectivity index (χ0v) is 11.0. The Hall–Kier alpha value is -1.07. The van der Waals surface area contributed by atoms with Crippen LogP contribution in [0.25, 0.3) is 0 Å². The largest absolute Gasteiger partial charge is 0.389 e. The normalized spacial score (nSPS) is 15.6. The summed E-state index contributed by atoms with van der Waals surface area (Å²) in [6.07, 6.45) is 0. The van der Waals surface area contributed by atoms with Gasteiger partial charge in [0, 0.05) is 35.7 Å². The highest BCUT2D eigenvalue weighted by atomic mass is 32.2. The Labute approximate surface area is 110 Å². The molecule has 17 heavy (non-hydrogen) atoms. The highest BCUT2D eigenvalue weighted by Crippen LogP contribution is 2.14. The molecule has 1 aliphatic heterocycles. The molecular weight excluding hydrogens is 252 g/mol. The van der Waals surface area contributed by atoms with Gasteiger partial charge >= 0.3 is 0 Å². The number of hydrogen-bond donors (Lipinski definition) is 1. The topological polar surface area (TPSA) is 46.3 Å². The van der Waals surface area contributed by atoms with Gasteiger partial charge in [-0.25, -0.2) is 0 Å². The minimum absolute atomic E-state index is 0.0726. The van der Waals surface area contributed by atoms with Gasteiger partial charge < -0.3 is 10.6 Å². The first-order valence-electron chi connectivity index (χ1n) is 5.45. The maximum absolute atomic E-state index is 12.2. The molecule has 0 radical (unpaired) electrons. The molecule has 1 aliphatic rings. The van der Waals surface area contributed by atoms with E-state index in [1.165, 1.54) is 0 Å². The Morgan fingerprint density at radius 3 is 2.59 bits per heavy atom. The molecule has 0 spiro atoms. The lowest BCUT2D eigenvalue weighted by Gasteiger charge is -2.26. The van der Waals surface area contributed by atoms with Crippen molar-refractivity contribution >= 4 is 34.9 Å². The van der Waals surface area contributed by atoms with Gasteiger partial charge in [0.05, 0.1) is 0 Å². The summed E-state index contributed by atoms with van der Waals surface area (Å²) in [7, 11) is 0. The van der Waals surface area contributed by atoms with Crippen molar-refractivity contribution in [1.29, 1.82) is 0 Å². The third-order valence-corrected chi connectivity index (χ3v) is 3.87. The second kappa shape index (κ2) is 5.51. The highest BCUT2D eigenvalue weighted by molar-refractivity contribution is 7.99. The number of nitrogens with two attached hydrogens (primary N) is 1. The summed E-state index contributed by atoms with van der Waals surface area (Å²) in [4.78, 5) is 14.4. The summed E-state index contributed by atoms with van der Waals surface area (Å²) in [6, 6.07) is 7.23. The summed E-state index contributed by atoms with van der Waals surface area (Å²) in [6.45, 7) is 1.64. The minimum atomic E-state index is 0.0726. The van der Waals surface area contributed by atoms with Crippen LogP contribution in [-0.2, 0) is 0 Å². The Morgan fingerprint density at radius 2 is 1.94 bits per heavy atom. The summed E-state index contributed by atoms with van der Waals surface area (Å²) in [5, 5.41) is 0. The fraction of sp³-hybridized carbons (Fsp3) is 0.333. The first-order chi connectivity index (χ1) is 8.18. The number of carbonyl (C=O) groups excluding carboxylic acids is 1. The molecule has 1 amide bonds. The van der Waals surface area contributed by atoms with Crippen LogP contribution in [0.15, 0.2) is 24.3 Å². The molecule has 90 valence electrons. The number of thioether (sulfide) groups is 1. The highest BCUT2D eigenvalue weighted by Gasteiger charge is 2.18. The molecule has 0 aliphatic carbocycles. The van der Waals surface area contributed by atoms with E-state index < -0.39 is 0 Å². The van der Waals surface area contributed by atoms with E-state index in [4.69, 9.17) is 18.0 Å². The molecule has 2 rings (SSSR count). The number of amides is 1. The van der Waals surface area contributed by atoms with E-state index in [0.29, 0.717) is 10.6 Å². The van der Waals surface area contributed by atoms with Crippen LogP contribution in [0, 0.1) is 0 Å². The van der Waals surface area contributed by atoms with Gasteiger partial charge in [-0.05, 0) is 12.1 Å². The van der Waals surface area contributed by atoms with E-state index in [1.807, 2.05) is 34.9 Å². The van der Waals surface area contributed by atoms with Crippen LogP contribution in [0.1, 0.15) is 15.9 Å². The lowest BCUT2D eigenvalue weighted by atomic mass is 10.1. The fourth-order valence-electron chi connectivity index (χ4n) is 1.75. The maximum atomic E-state index is 12.2. The smallest absolute Gasteiger partial charge is 0.253 e. The summed E-state index contributed by atoms with van der Waals surface area (Å²) >= 11 is 6.80. The van der Waals surface area contributed by atoms with E-state index in [0.717, 1.165) is 30.2 Å². The van der Waals surface area contributed by atoms with Gasteiger partial charge in [-0.1, -0.05) is 24.4 Å². The number of thiocarbonyl (C=S) groups is 1. The molecule has 0 atom stereocenters. The molecule has 0 aromatic heterocycles. The number of carbonyl (C=O) groups is 1. The van der Waals surface area contributed by atoms with E-state index in [9.17, 15) is 4.79 Å². The molecule has 0 saturated carbocycles. The lowest BCUT2D eigenvalue weighted by Crippen LogP contribution is -2.37. The van der Waals surface area contributed by atoms with Crippen LogP contribution >= 0.6 is 24.0 Å². The third kappa shape index (κ3) is 2.98. The molecule has 1 heterocycles. The van der Waals surface area contributed by atoms with Crippen LogP contribution in [-0.4, -0.2) is 40.4 Å². The Balaban J connectivity index is 2.18. The van der Waals surface area contributed by atoms with Gasteiger partial charge in [0.25, 0.3) is 5.91 Å². The average Bonchev–Trinajstić information content (AvgIpc) is 2.39. The van der Waals surface area contributed by atoms with Gasteiger partial charge in [-0.3, -0.25) is 4.79 Å². The van der Waals surface area contributed by atoms with Crippen molar-refractivity contribution in [2.45, 2.75) is 0 Å². The summed E-state index contributed by atoms with van der Waals surface area (Å²) in [5.41, 5.74) is 6.98. The van der Waals surface area contributed by atoms with Gasteiger partial charge in [-0.2, -0.15) is 11.8 Å². The Kier molecular flexibility index (Phi) is 4.02. The molecule has 0 bridgehead atoms. The van der Waals surface area contributed by atoms with E-state index in [-0.39, 0.29) is 5.91 Å². The lowest BCUT2D eigenvalue weighted by molar-refractivity contribution is 0.0772. The molecule has 1 fully saturated rings. The van der Waals surface area contributed by atoms with Gasteiger partial charge in [-0.15, -0.1) is 0 Å². The van der Waals surface area contributed by atoms with Crippen molar-refractivity contribution in [3.8, 4) is 0 Å². The van der Waals surface area contributed by atoms with Gasteiger partial charge in [0.2, 0.25) is 0 Å². The first kappa shape index (κ1) is 12.4. The Bertz CT molecular complexity index is 442. The zero-order chi connectivity index (χ0) is 12.3. The van der Waals surface area contributed by atoms with Crippen LogP contribution in [0.2, 0.25) is 0 Å². The van der Waals surface area contributed by atoms with Crippen molar-refractivity contribution in [2.75, 3.05) is 24.6 Å². The third-order valence-electron chi connectivity index (χ3n) is 2.69. The average molecular weight is 266 g/mol. The molecule has 0 unspecified atom stereocenters. The molecule has 1 saturated heterocycles. The maximum Gasteiger partial charge on any atom is 0.253 e. The van der Waals surface area contributed by atoms with Crippen molar-refractivity contribution in [2.24, 2.45) is 5.73 Å². The van der Waals surface area contributed by atoms with E-state index in [1.54, 1.807) is 6.07 Å². The van der Waals surface area contributed by atoms with Crippen LogP contribution < -0.4 is 5.73 Å².